The molecular weight excluding hydrogens is 351 g/mol. The van der Waals surface area contributed by atoms with Gasteiger partial charge in [-0.2, -0.15) is 0 Å². The lowest BCUT2D eigenvalue weighted by Crippen LogP contribution is -2.17. The molecule has 3 N–H and O–H groups in total. The van der Waals surface area contributed by atoms with Crippen LogP contribution in [0.5, 0.6) is 0 Å². The van der Waals surface area contributed by atoms with Gasteiger partial charge in [0.25, 0.3) is 0 Å². The number of rotatable bonds is 7. The first-order chi connectivity index (χ1) is 12.3. The first-order valence-electron chi connectivity index (χ1n) is 7.65. The molecule has 0 radical (unpaired) electrons. The van der Waals surface area contributed by atoms with E-state index in [2.05, 4.69) is 15.5 Å². The summed E-state index contributed by atoms with van der Waals surface area (Å²) in [5, 5.41) is 23.9. The molecule has 1 heterocycles. The molecule has 6 nitrogen and oxygen atoms in total. The summed E-state index contributed by atoms with van der Waals surface area (Å²) < 4.78 is 41.4. The predicted molar refractivity (Wildman–Crippen MR) is 89.9 cm³/mol. The monoisotopic (exact) mass is 369 g/mol. The van der Waals surface area contributed by atoms with Crippen molar-refractivity contribution in [1.29, 1.82) is 0 Å². The lowest BCUT2D eigenvalue weighted by molar-refractivity contribution is 0.00884. The molecule has 0 spiro atoms. The number of hydrogen-bond donors (Lipinski definition) is 3. The Labute approximate surface area is 147 Å². The molecule has 9 heteroatoms. The van der Waals surface area contributed by atoms with Gasteiger partial charge in [-0.1, -0.05) is 11.2 Å². The third-order valence-electron chi connectivity index (χ3n) is 3.40. The van der Waals surface area contributed by atoms with Crippen LogP contribution in [-0.2, 0) is 4.84 Å². The number of aliphatic hydroxyl groups is 2. The van der Waals surface area contributed by atoms with E-state index in [-0.39, 0.29) is 23.7 Å². The first kappa shape index (κ1) is 19.7. The zero-order valence-electron chi connectivity index (χ0n) is 14.1. The van der Waals surface area contributed by atoms with Crippen molar-refractivity contribution >= 4 is 17.7 Å². The summed E-state index contributed by atoms with van der Waals surface area (Å²) in [6, 6.07) is 2.54. The SMILES string of the molecule is Cc1cnc(Nc2c(C=NOCC(O)CO)cc(F)c(F)c2F)c(C)c1. The number of benzene rings is 1. The highest BCUT2D eigenvalue weighted by molar-refractivity contribution is 5.89. The minimum absolute atomic E-state index is 0.123. The molecule has 0 bridgehead atoms. The average molecular weight is 369 g/mol. The Kier molecular flexibility index (Phi) is 6.53. The quantitative estimate of drug-likeness (QED) is 0.397. The molecule has 1 atom stereocenters. The van der Waals surface area contributed by atoms with Crippen molar-refractivity contribution in [2.75, 3.05) is 18.5 Å². The van der Waals surface area contributed by atoms with Crippen LogP contribution in [0.4, 0.5) is 24.7 Å². The van der Waals surface area contributed by atoms with E-state index in [1.54, 1.807) is 19.2 Å². The Bertz CT molecular complexity index is 816. The fourth-order valence-corrected chi connectivity index (χ4v) is 2.08. The standard InChI is InChI=1S/C17H18F3N3O3/c1-9-3-10(2)17(21-5-9)23-16-11(4-13(18)14(19)15(16)20)6-22-26-8-12(25)7-24/h3-6,12,24-25H,7-8H2,1-2H3,(H,21,23). The van der Waals surface area contributed by atoms with Gasteiger partial charge < -0.3 is 20.4 Å². The maximum absolute atomic E-state index is 14.2. The molecule has 2 rings (SSSR count). The number of nitrogens with one attached hydrogen (secondary N) is 1. The molecule has 140 valence electrons. The van der Waals surface area contributed by atoms with E-state index in [0.717, 1.165) is 17.8 Å². The Morgan fingerprint density at radius 2 is 2.00 bits per heavy atom. The molecule has 0 amide bonds. The number of aromatic nitrogens is 1. The molecule has 1 aromatic carbocycles. The van der Waals surface area contributed by atoms with E-state index >= 15 is 0 Å². The highest BCUT2D eigenvalue weighted by Crippen LogP contribution is 2.28. The Morgan fingerprint density at radius 3 is 2.65 bits per heavy atom. The summed E-state index contributed by atoms with van der Waals surface area (Å²) >= 11 is 0. The second-order valence-electron chi connectivity index (χ2n) is 5.62. The molecule has 2 aromatic rings. The summed E-state index contributed by atoms with van der Waals surface area (Å²) in [5.74, 6) is -4.18. The Morgan fingerprint density at radius 1 is 1.27 bits per heavy atom. The van der Waals surface area contributed by atoms with E-state index in [9.17, 15) is 13.2 Å². The van der Waals surface area contributed by atoms with Crippen LogP contribution in [0.1, 0.15) is 16.7 Å². The largest absolute Gasteiger partial charge is 0.394 e. The smallest absolute Gasteiger partial charge is 0.196 e. The number of aliphatic hydroxyl groups excluding tert-OH is 2. The van der Waals surface area contributed by atoms with E-state index < -0.39 is 30.2 Å². The molecule has 26 heavy (non-hydrogen) atoms. The van der Waals surface area contributed by atoms with Crippen LogP contribution < -0.4 is 5.32 Å². The number of anilines is 2. The minimum atomic E-state index is -1.63. The van der Waals surface area contributed by atoms with Crippen LogP contribution in [0, 0.1) is 31.3 Å². The number of hydrogen-bond acceptors (Lipinski definition) is 6. The normalized spacial score (nSPS) is 12.4. The van der Waals surface area contributed by atoms with Gasteiger partial charge in [0.05, 0.1) is 18.5 Å². The fourth-order valence-electron chi connectivity index (χ4n) is 2.08. The van der Waals surface area contributed by atoms with Gasteiger partial charge in [-0.05, 0) is 31.0 Å². The van der Waals surface area contributed by atoms with Gasteiger partial charge in [0.1, 0.15) is 18.5 Å². The maximum atomic E-state index is 14.2. The highest BCUT2D eigenvalue weighted by Gasteiger charge is 2.19. The lowest BCUT2D eigenvalue weighted by atomic mass is 10.1. The molecule has 0 aliphatic heterocycles. The Balaban J connectivity index is 2.34. The van der Waals surface area contributed by atoms with Crippen LogP contribution in [0.15, 0.2) is 23.5 Å². The van der Waals surface area contributed by atoms with Gasteiger partial charge in [-0.25, -0.2) is 18.2 Å². The number of pyridine rings is 1. The minimum Gasteiger partial charge on any atom is -0.394 e. The molecule has 1 aromatic heterocycles. The molecule has 0 saturated carbocycles. The number of aryl methyl sites for hydroxylation is 2. The Hall–Kier alpha value is -2.65. The van der Waals surface area contributed by atoms with Crippen molar-refractivity contribution in [2.45, 2.75) is 20.0 Å². The highest BCUT2D eigenvalue weighted by atomic mass is 19.2. The summed E-state index contributed by atoms with van der Waals surface area (Å²) in [6.45, 7) is 2.71. The summed E-state index contributed by atoms with van der Waals surface area (Å²) in [7, 11) is 0. The van der Waals surface area contributed by atoms with E-state index in [0.29, 0.717) is 5.56 Å². The van der Waals surface area contributed by atoms with Gasteiger partial charge in [-0.3, -0.25) is 0 Å². The summed E-state index contributed by atoms with van der Waals surface area (Å²) in [4.78, 5) is 8.83. The van der Waals surface area contributed by atoms with Crippen molar-refractivity contribution in [3.05, 3.63) is 52.5 Å². The fraction of sp³-hybridized carbons (Fsp3) is 0.294. The number of oxime groups is 1. The van der Waals surface area contributed by atoms with Gasteiger partial charge in [-0.15, -0.1) is 0 Å². The zero-order chi connectivity index (χ0) is 19.3. The first-order valence-corrected chi connectivity index (χ1v) is 7.65. The predicted octanol–water partition coefficient (Wildman–Crippen LogP) is 2.56. The van der Waals surface area contributed by atoms with Gasteiger partial charge in [0.2, 0.25) is 0 Å². The second kappa shape index (κ2) is 8.63. The molecule has 0 aliphatic rings. The topological polar surface area (TPSA) is 87.0 Å². The van der Waals surface area contributed by atoms with Crippen molar-refractivity contribution in [2.24, 2.45) is 5.16 Å². The van der Waals surface area contributed by atoms with Crippen LogP contribution in [0.25, 0.3) is 0 Å². The van der Waals surface area contributed by atoms with E-state index in [1.807, 2.05) is 6.92 Å². The van der Waals surface area contributed by atoms with Crippen molar-refractivity contribution < 1.29 is 28.2 Å². The van der Waals surface area contributed by atoms with Gasteiger partial charge in [0.15, 0.2) is 17.5 Å². The maximum Gasteiger partial charge on any atom is 0.196 e. The number of nitrogens with zero attached hydrogens (tertiary/aromatic N) is 2. The zero-order valence-corrected chi connectivity index (χ0v) is 14.1. The molecule has 0 fully saturated rings. The van der Waals surface area contributed by atoms with Crippen molar-refractivity contribution in [1.82, 2.24) is 4.98 Å². The molecule has 0 saturated heterocycles. The molecule has 1 unspecified atom stereocenters. The van der Waals surface area contributed by atoms with Crippen LogP contribution in [0.2, 0.25) is 0 Å². The third kappa shape index (κ3) is 4.70. The lowest BCUT2D eigenvalue weighted by Gasteiger charge is -2.13. The van der Waals surface area contributed by atoms with Crippen LogP contribution in [-0.4, -0.2) is 40.7 Å². The summed E-state index contributed by atoms with van der Waals surface area (Å²) in [5.41, 5.74) is 1.08. The van der Waals surface area contributed by atoms with Crippen LogP contribution >= 0.6 is 0 Å². The number of halogens is 3. The summed E-state index contributed by atoms with van der Waals surface area (Å²) in [6.07, 6.45) is 1.35. The van der Waals surface area contributed by atoms with Gasteiger partial charge >= 0.3 is 0 Å². The van der Waals surface area contributed by atoms with Crippen molar-refractivity contribution in [3.63, 3.8) is 0 Å². The van der Waals surface area contributed by atoms with E-state index in [1.165, 1.54) is 0 Å². The van der Waals surface area contributed by atoms with Gasteiger partial charge in [0, 0.05) is 11.8 Å². The average Bonchev–Trinajstić information content (AvgIpc) is 2.61. The van der Waals surface area contributed by atoms with Crippen LogP contribution in [0.3, 0.4) is 0 Å². The van der Waals surface area contributed by atoms with Crippen molar-refractivity contribution in [3.8, 4) is 0 Å². The second-order valence-corrected chi connectivity index (χ2v) is 5.62. The molecule has 0 aliphatic carbocycles. The molecular formula is C17H18F3N3O3. The third-order valence-corrected chi connectivity index (χ3v) is 3.40. The van der Waals surface area contributed by atoms with E-state index in [4.69, 9.17) is 15.1 Å².